The minimum absolute atomic E-state index is 0.00292. The summed E-state index contributed by atoms with van der Waals surface area (Å²) in [6, 6.07) is 9.38. The van der Waals surface area contributed by atoms with Gasteiger partial charge in [-0.2, -0.15) is 0 Å². The van der Waals surface area contributed by atoms with E-state index in [-0.39, 0.29) is 74.7 Å². The van der Waals surface area contributed by atoms with Crippen molar-refractivity contribution < 1.29 is 51.3 Å². The van der Waals surface area contributed by atoms with Crippen LogP contribution in [-0.4, -0.2) is 108 Å². The van der Waals surface area contributed by atoms with Crippen molar-refractivity contribution in [2.45, 2.75) is 127 Å². The van der Waals surface area contributed by atoms with E-state index >= 15 is 8.78 Å². The molecule has 2 aromatic carbocycles. The Morgan fingerprint density at radius 3 is 1.77 bits per heavy atom. The molecule has 420 valence electrons. The fourth-order valence-corrected chi connectivity index (χ4v) is 12.9. The van der Waals surface area contributed by atoms with Gasteiger partial charge in [0, 0.05) is 44.3 Å². The molecule has 15 nitrogen and oxygen atoms in total. The lowest BCUT2D eigenvalue weighted by Gasteiger charge is -2.37. The Morgan fingerprint density at radius 2 is 1.32 bits per heavy atom. The number of nitrogens with zero attached hydrogens (tertiary/aromatic N) is 7. The number of ether oxygens (including phenoxy) is 3. The molecule has 4 aliphatic rings. The van der Waals surface area contributed by atoms with Crippen molar-refractivity contribution in [3.05, 3.63) is 112 Å². The van der Waals surface area contributed by atoms with E-state index in [0.717, 1.165) is 6.04 Å². The number of carbonyl (C=O) groups is 3. The lowest BCUT2D eigenvalue weighted by Crippen LogP contribution is -2.46. The number of halogens is 5. The van der Waals surface area contributed by atoms with Crippen LogP contribution in [-0.2, 0) is 30.1 Å². The van der Waals surface area contributed by atoms with E-state index in [1.807, 2.05) is 6.92 Å². The fourth-order valence-electron chi connectivity index (χ4n) is 9.15. The summed E-state index contributed by atoms with van der Waals surface area (Å²) in [5, 5.41) is 8.16. The van der Waals surface area contributed by atoms with Gasteiger partial charge in [-0.05, 0) is 129 Å². The molecule has 0 spiro atoms. The molecule has 2 aromatic heterocycles. The van der Waals surface area contributed by atoms with Crippen LogP contribution in [0.1, 0.15) is 109 Å². The van der Waals surface area contributed by atoms with Gasteiger partial charge in [0.05, 0.1) is 52.0 Å². The van der Waals surface area contributed by atoms with Crippen molar-refractivity contribution >= 4 is 95.0 Å². The lowest BCUT2D eigenvalue weighted by atomic mass is 9.84. The van der Waals surface area contributed by atoms with Gasteiger partial charge in [-0.3, -0.25) is 19.6 Å². The maximum Gasteiger partial charge on any atom is 0.418 e. The number of Topliss-reactive ketones (excluding diaryl/α,β-unsaturated/α-hetero) is 2. The van der Waals surface area contributed by atoms with Gasteiger partial charge in [-0.1, -0.05) is 66.9 Å². The number of fused-ring (bicyclic) bond motifs is 2. The van der Waals surface area contributed by atoms with Gasteiger partial charge in [-0.25, -0.2) is 47.2 Å². The Hall–Kier alpha value is -5.52. The average Bonchev–Trinajstić information content (AvgIpc) is 4.37. The van der Waals surface area contributed by atoms with Crippen LogP contribution in [0.4, 0.5) is 22.4 Å². The summed E-state index contributed by atoms with van der Waals surface area (Å²) in [7, 11) is -1.41. The van der Waals surface area contributed by atoms with E-state index in [0.29, 0.717) is 43.1 Å². The average molecular weight is 1160 g/mol. The largest absolute Gasteiger partial charge is 0.477 e. The monoisotopic (exact) mass is 1150 g/mol. The maximum absolute atomic E-state index is 15.7. The molecule has 6 atom stereocenters. The second-order valence-electron chi connectivity index (χ2n) is 21.7. The highest BCUT2D eigenvalue weighted by Gasteiger charge is 2.71. The Kier molecular flexibility index (Phi) is 19.3. The van der Waals surface area contributed by atoms with Crippen LogP contribution in [0.2, 0.25) is 30.8 Å². The number of thioether (sulfide) groups is 2. The molecule has 1 amide bonds. The van der Waals surface area contributed by atoms with Crippen LogP contribution in [0.5, 0.6) is 5.88 Å². The first-order chi connectivity index (χ1) is 36.4. The Balaban J connectivity index is 0.000000253. The number of amidine groups is 2. The number of rotatable bonds is 15. The Labute approximate surface area is 467 Å². The van der Waals surface area contributed by atoms with E-state index in [9.17, 15) is 23.2 Å². The number of benzene rings is 2. The summed E-state index contributed by atoms with van der Waals surface area (Å²) < 4.78 is 75.6. The van der Waals surface area contributed by atoms with E-state index in [1.54, 1.807) is 47.6 Å². The van der Waals surface area contributed by atoms with Crippen molar-refractivity contribution in [3.63, 3.8) is 0 Å². The van der Waals surface area contributed by atoms with Crippen LogP contribution in [0, 0.1) is 23.5 Å². The number of carbonyl (C=O) groups excluding carboxylic acids is 3. The molecule has 78 heavy (non-hydrogen) atoms. The predicted molar refractivity (Wildman–Crippen MR) is 303 cm³/mol. The summed E-state index contributed by atoms with van der Waals surface area (Å²) >= 11 is 8.21. The van der Waals surface area contributed by atoms with Crippen molar-refractivity contribution in [2.24, 2.45) is 27.6 Å². The van der Waals surface area contributed by atoms with Gasteiger partial charge >= 0.3 is 6.09 Å². The molecule has 2 saturated carbocycles. The molecule has 2 aliphatic carbocycles. The van der Waals surface area contributed by atoms with Crippen LogP contribution in [0.25, 0.3) is 23.8 Å². The van der Waals surface area contributed by atoms with Gasteiger partial charge in [0.25, 0.3) is 0 Å². The molecule has 2 fully saturated rings. The highest BCUT2D eigenvalue weighted by Crippen LogP contribution is 2.68. The third kappa shape index (κ3) is 14.3. The number of aliphatic hydroxyl groups excluding tert-OH is 1. The molecule has 0 unspecified atom stereocenters. The molecule has 23 heteroatoms. The molecule has 0 radical (unpaired) electrons. The molecule has 4 heterocycles. The first-order valence-corrected chi connectivity index (χ1v) is 31.0. The van der Waals surface area contributed by atoms with Crippen LogP contribution in [0.3, 0.4) is 0 Å². The van der Waals surface area contributed by atoms with Crippen molar-refractivity contribution in [1.29, 1.82) is 0 Å². The minimum Gasteiger partial charge on any atom is -0.477 e. The Morgan fingerprint density at radius 1 is 0.821 bits per heavy atom. The van der Waals surface area contributed by atoms with Crippen LogP contribution in [0.15, 0.2) is 71.2 Å². The standard InChI is InChI=1S/C31H39ClF2N4O4SSi.C22H22F2N4O2S.C2H6O/c1-19(39)31-15-25(31)30(5,21-13-20(9-10-22(21)33)14-23(34)24-16-36-26(32)17-35-24)37-27(43-31)38(28(40)42-29(2,3)4)18-41-11-12-44(6,7)8;1-4-30-19-11-26-17(10-27-19)16(24)8-13-5-6-15(23)14(7-13)21(3)18-9-22(18,12(2)29)31-20(25)28-21;1-2-3/h9-10,13-14,16-17,25H,11-12,15,18H2,1-8H3;5-8,10-11,18H,4,9H2,1-3H3,(H2,25,28);3H,2H2,1H3/b23-14-;16-8-;/t25-,30+,31+;18-,21+,22+;/m00./s1. The van der Waals surface area contributed by atoms with Gasteiger partial charge in [-0.15, -0.1) is 0 Å². The highest BCUT2D eigenvalue weighted by atomic mass is 35.5. The summed E-state index contributed by atoms with van der Waals surface area (Å²) in [5.74, 6) is -2.66. The number of amides is 1. The number of hydrogen-bond acceptors (Lipinski definition) is 16. The number of aromatic nitrogens is 4. The maximum atomic E-state index is 15.7. The first-order valence-electron chi connectivity index (χ1n) is 25.3. The highest BCUT2D eigenvalue weighted by molar-refractivity contribution is 8.16. The van der Waals surface area contributed by atoms with E-state index < -0.39 is 63.6 Å². The SMILES string of the molecule is CC(=O)[C@]12C[C@H]1[C@@](C)(c1cc(/C=C(\F)c3cnc(Cl)cn3)ccc1F)N=C(N(COCC[Si](C)(C)C)C(=O)OC(C)(C)C)S2.CCO.CCOc1cnc(/C(F)=C/c2ccc(F)c([C@@]3(C)N=C(N)S[C@@]4(C(C)=O)C[C@H]43)c2)cn1. The van der Waals surface area contributed by atoms with Crippen LogP contribution < -0.4 is 10.5 Å². The molecule has 4 aromatic rings. The van der Waals surface area contributed by atoms with Crippen molar-refractivity contribution in [1.82, 2.24) is 24.8 Å². The van der Waals surface area contributed by atoms with E-state index in [2.05, 4.69) is 44.6 Å². The summed E-state index contributed by atoms with van der Waals surface area (Å²) in [6.45, 7) is 23.0. The molecule has 8 rings (SSSR count). The smallest absolute Gasteiger partial charge is 0.418 e. The number of nitrogens with two attached hydrogens (primary N) is 1. The number of aliphatic imine (C=N–C) groups is 2. The molecule has 0 saturated heterocycles. The predicted octanol–water partition coefficient (Wildman–Crippen LogP) is 12.1. The van der Waals surface area contributed by atoms with E-state index in [1.165, 1.54) is 110 Å². The molecule has 3 N–H and O–H groups in total. The number of aliphatic hydroxyl groups is 1. The topological polar surface area (TPSA) is 205 Å². The van der Waals surface area contributed by atoms with Crippen molar-refractivity contribution in [3.8, 4) is 5.88 Å². The first kappa shape index (κ1) is 61.7. The van der Waals surface area contributed by atoms with Gasteiger partial charge in [0.2, 0.25) is 5.88 Å². The van der Waals surface area contributed by atoms with Crippen LogP contribution >= 0.6 is 35.1 Å². The normalized spacial score (nSPS) is 24.3. The fraction of sp³-hybridized carbons (Fsp3) is 0.473. The molecule has 2 aliphatic heterocycles. The quantitative estimate of drug-likeness (QED) is 0.0492. The second-order valence-corrected chi connectivity index (χ2v) is 30.3. The van der Waals surface area contributed by atoms with Gasteiger partial charge < -0.3 is 25.1 Å². The zero-order chi connectivity index (χ0) is 57.8. The zero-order valence-corrected chi connectivity index (χ0v) is 49.2. The van der Waals surface area contributed by atoms with Gasteiger partial charge in [0.1, 0.15) is 52.1 Å². The minimum atomic E-state index is -1.41. The zero-order valence-electron chi connectivity index (χ0n) is 45.8. The van der Waals surface area contributed by atoms with Gasteiger partial charge in [0.15, 0.2) is 22.0 Å². The lowest BCUT2D eigenvalue weighted by molar-refractivity contribution is -0.118. The molecular formula is C55H67ClF4N8O7S2Si. The molecular weight excluding hydrogens is 1090 g/mol. The number of hydrogen-bond donors (Lipinski definition) is 2. The number of ketones is 2. The summed E-state index contributed by atoms with van der Waals surface area (Å²) in [4.78, 5) is 65.4. The third-order valence-electron chi connectivity index (χ3n) is 13.3. The third-order valence-corrected chi connectivity index (χ3v) is 18.2. The van der Waals surface area contributed by atoms with Crippen molar-refractivity contribution in [2.75, 3.05) is 26.6 Å². The Bertz CT molecular complexity index is 3020. The second kappa shape index (κ2) is 24.5. The summed E-state index contributed by atoms with van der Waals surface area (Å²) in [6.07, 6.45) is 7.86. The van der Waals surface area contributed by atoms with E-state index in [4.69, 9.17) is 41.6 Å². The summed E-state index contributed by atoms with van der Waals surface area (Å²) in [5.41, 5.74) is 4.20. The molecule has 0 bridgehead atoms.